The fraction of sp³-hybridized carbons (Fsp3) is 0.710. The Morgan fingerprint density at radius 2 is 1.62 bits per heavy atom. The molecule has 3 heterocycles. The van der Waals surface area contributed by atoms with Crippen LogP contribution in [0.1, 0.15) is 102 Å². The van der Waals surface area contributed by atoms with E-state index in [-0.39, 0.29) is 17.6 Å². The number of benzene rings is 1. The van der Waals surface area contributed by atoms with E-state index in [1.54, 1.807) is 0 Å². The lowest BCUT2D eigenvalue weighted by atomic mass is 9.76. The Morgan fingerprint density at radius 1 is 0.919 bits per heavy atom. The Bertz CT molecular complexity index is 1150. The molecule has 0 N–H and O–H groups in total. The number of carbonyl (C=O) groups is 1. The average Bonchev–Trinajstić information content (AvgIpc) is 3.04. The van der Waals surface area contributed by atoms with Crippen LogP contribution in [-0.4, -0.2) is 45.2 Å². The smallest absolute Gasteiger partial charge is 0.305 e. The maximum atomic E-state index is 13.8. The van der Waals surface area contributed by atoms with Crippen LogP contribution in [0.4, 0.5) is 0 Å². The minimum Gasteiger partial charge on any atom is -0.466 e. The zero-order valence-electron chi connectivity index (χ0n) is 22.4. The quantitative estimate of drug-likeness (QED) is 0.445. The number of carbonyl (C=O) groups excluding carboxylic acids is 1. The first kappa shape index (κ1) is 25.1. The van der Waals surface area contributed by atoms with Gasteiger partial charge in [-0.3, -0.25) is 14.5 Å². The highest BCUT2D eigenvalue weighted by Crippen LogP contribution is 2.47. The summed E-state index contributed by atoms with van der Waals surface area (Å²) in [6, 6.07) is 10.3. The van der Waals surface area contributed by atoms with Gasteiger partial charge in [0.25, 0.3) is 5.56 Å². The van der Waals surface area contributed by atoms with E-state index in [1.165, 1.54) is 57.8 Å². The number of para-hydroxylation sites is 2. The number of aryl methyl sites for hydroxylation is 1. The number of piperidine rings is 1. The molecule has 2 aromatic rings. The molecule has 4 aliphatic rings. The van der Waals surface area contributed by atoms with E-state index in [2.05, 4.69) is 15.5 Å². The number of esters is 1. The molecule has 4 unspecified atom stereocenters. The Labute approximate surface area is 220 Å². The highest BCUT2D eigenvalue weighted by atomic mass is 16.5. The van der Waals surface area contributed by atoms with E-state index < -0.39 is 0 Å². The van der Waals surface area contributed by atoms with Crippen molar-refractivity contribution in [2.45, 2.75) is 121 Å². The molecule has 1 aromatic heterocycles. The third-order valence-corrected chi connectivity index (χ3v) is 9.87. The first-order chi connectivity index (χ1) is 18.1. The topological polar surface area (TPSA) is 64.4 Å². The zero-order chi connectivity index (χ0) is 25.4. The molecule has 37 heavy (non-hydrogen) atoms. The monoisotopic (exact) mass is 505 g/mol. The van der Waals surface area contributed by atoms with Gasteiger partial charge >= 0.3 is 5.97 Å². The van der Waals surface area contributed by atoms with E-state index in [1.807, 2.05) is 25.1 Å². The number of ether oxygens (including phenoxy) is 1. The Morgan fingerprint density at radius 3 is 2.32 bits per heavy atom. The maximum absolute atomic E-state index is 13.8. The normalized spacial score (nSPS) is 31.8. The van der Waals surface area contributed by atoms with Gasteiger partial charge in [-0.25, -0.2) is 4.98 Å². The minimum atomic E-state index is -0.199. The summed E-state index contributed by atoms with van der Waals surface area (Å²) in [6.45, 7) is 2.21. The van der Waals surface area contributed by atoms with Gasteiger partial charge in [-0.15, -0.1) is 0 Å². The highest BCUT2D eigenvalue weighted by molar-refractivity contribution is 5.75. The van der Waals surface area contributed by atoms with Crippen LogP contribution in [0.15, 0.2) is 29.1 Å². The van der Waals surface area contributed by atoms with Crippen molar-refractivity contribution in [1.29, 1.82) is 0 Å². The molecule has 4 bridgehead atoms. The van der Waals surface area contributed by atoms with Crippen molar-refractivity contribution < 1.29 is 9.53 Å². The average molecular weight is 506 g/mol. The van der Waals surface area contributed by atoms with Gasteiger partial charge in [0.15, 0.2) is 0 Å². The van der Waals surface area contributed by atoms with Crippen molar-refractivity contribution in [1.82, 2.24) is 14.5 Å². The lowest BCUT2D eigenvalue weighted by Crippen LogP contribution is -2.52. The molecular formula is C31H43N3O3. The fourth-order valence-electron chi connectivity index (χ4n) is 8.46. The van der Waals surface area contributed by atoms with Crippen molar-refractivity contribution >= 4 is 17.0 Å². The van der Waals surface area contributed by atoms with E-state index in [0.717, 1.165) is 41.8 Å². The number of fused-ring (bicyclic) bond motifs is 5. The number of hydrogen-bond donors (Lipinski definition) is 0. The van der Waals surface area contributed by atoms with Gasteiger partial charge in [0.05, 0.1) is 17.6 Å². The van der Waals surface area contributed by atoms with Crippen molar-refractivity contribution in [3.8, 4) is 0 Å². The van der Waals surface area contributed by atoms with E-state index >= 15 is 0 Å². The van der Waals surface area contributed by atoms with E-state index in [4.69, 9.17) is 9.72 Å². The summed E-state index contributed by atoms with van der Waals surface area (Å²) in [5.74, 6) is 1.68. The summed E-state index contributed by atoms with van der Waals surface area (Å²) >= 11 is 0. The molecule has 6 nitrogen and oxygen atoms in total. The summed E-state index contributed by atoms with van der Waals surface area (Å²) in [5, 5.41) is 0. The lowest BCUT2D eigenvalue weighted by molar-refractivity contribution is -0.143. The molecule has 4 atom stereocenters. The third kappa shape index (κ3) is 5.10. The van der Waals surface area contributed by atoms with Crippen molar-refractivity contribution in [3.05, 3.63) is 40.3 Å². The molecule has 200 valence electrons. The van der Waals surface area contributed by atoms with Crippen molar-refractivity contribution in [2.24, 2.45) is 11.8 Å². The number of nitrogens with zero attached hydrogens (tertiary/aromatic N) is 3. The maximum Gasteiger partial charge on any atom is 0.305 e. The van der Waals surface area contributed by atoms with Crippen LogP contribution in [0, 0.1) is 11.8 Å². The molecule has 0 radical (unpaired) electrons. The largest absolute Gasteiger partial charge is 0.466 e. The van der Waals surface area contributed by atoms with Crippen LogP contribution in [0.2, 0.25) is 0 Å². The zero-order valence-corrected chi connectivity index (χ0v) is 22.4. The molecule has 4 fully saturated rings. The Kier molecular flexibility index (Phi) is 7.38. The summed E-state index contributed by atoms with van der Waals surface area (Å²) in [7, 11) is 0. The first-order valence-corrected chi connectivity index (χ1v) is 15.0. The van der Waals surface area contributed by atoms with E-state index in [9.17, 15) is 9.59 Å². The highest BCUT2D eigenvalue weighted by Gasteiger charge is 2.46. The van der Waals surface area contributed by atoms with Gasteiger partial charge in [0.1, 0.15) is 5.69 Å². The molecule has 6 heteroatoms. The molecule has 2 saturated carbocycles. The van der Waals surface area contributed by atoms with Gasteiger partial charge in [0, 0.05) is 30.6 Å². The van der Waals surface area contributed by atoms with Gasteiger partial charge in [-0.05, 0) is 88.7 Å². The molecule has 0 spiro atoms. The van der Waals surface area contributed by atoms with Crippen LogP contribution in [0.3, 0.4) is 0 Å². The molecule has 2 saturated heterocycles. The first-order valence-electron chi connectivity index (χ1n) is 15.0. The molecule has 1 aromatic carbocycles. The van der Waals surface area contributed by atoms with Crippen LogP contribution >= 0.6 is 0 Å². The fourth-order valence-corrected chi connectivity index (χ4v) is 8.46. The second-order valence-electron chi connectivity index (χ2n) is 12.2. The predicted molar refractivity (Wildman–Crippen MR) is 146 cm³/mol. The lowest BCUT2D eigenvalue weighted by Gasteiger charge is -2.48. The van der Waals surface area contributed by atoms with E-state index in [0.29, 0.717) is 43.6 Å². The van der Waals surface area contributed by atoms with Crippen LogP contribution < -0.4 is 5.56 Å². The molecule has 2 aliphatic heterocycles. The van der Waals surface area contributed by atoms with Crippen LogP contribution in [-0.2, 0) is 16.0 Å². The second kappa shape index (κ2) is 10.9. The standard InChI is InChI=1S/C31H43N3O3/c1-2-37-30(35)13-7-11-28-31(36)34(29-12-6-5-10-27(29)32-28)26-19-23-14-15-24(20-26)33(23)25-17-21-8-3-4-9-22(16-21)18-25/h5-6,10,12,21-26H,2-4,7-9,11,13-20H2,1H3. The SMILES string of the molecule is CCOC(=O)CCCc1nc2ccccc2n(C2CC3CCC(C2)N3C2CC3CCCCC(C3)C2)c1=O. The molecule has 2 aliphatic carbocycles. The summed E-state index contributed by atoms with van der Waals surface area (Å²) in [5.41, 5.74) is 2.49. The van der Waals surface area contributed by atoms with Crippen LogP contribution in [0.25, 0.3) is 11.0 Å². The number of rotatable bonds is 7. The van der Waals surface area contributed by atoms with Gasteiger partial charge < -0.3 is 9.30 Å². The molecule has 6 rings (SSSR count). The number of aromatic nitrogens is 2. The Balaban J connectivity index is 1.23. The van der Waals surface area contributed by atoms with Crippen molar-refractivity contribution in [3.63, 3.8) is 0 Å². The summed E-state index contributed by atoms with van der Waals surface area (Å²) in [6.07, 6.45) is 16.1. The minimum absolute atomic E-state index is 0.0455. The molecule has 0 amide bonds. The summed E-state index contributed by atoms with van der Waals surface area (Å²) < 4.78 is 7.16. The van der Waals surface area contributed by atoms with Crippen LogP contribution in [0.5, 0.6) is 0 Å². The molecular weight excluding hydrogens is 462 g/mol. The second-order valence-corrected chi connectivity index (χ2v) is 12.2. The summed E-state index contributed by atoms with van der Waals surface area (Å²) in [4.78, 5) is 33.4. The van der Waals surface area contributed by atoms with Gasteiger partial charge in [0.2, 0.25) is 0 Å². The van der Waals surface area contributed by atoms with Crippen molar-refractivity contribution in [2.75, 3.05) is 6.61 Å². The van der Waals surface area contributed by atoms with Gasteiger partial charge in [-0.1, -0.05) is 37.8 Å². The number of hydrogen-bond acceptors (Lipinski definition) is 5. The predicted octanol–water partition coefficient (Wildman–Crippen LogP) is 5.81. The Hall–Kier alpha value is -2.21. The third-order valence-electron chi connectivity index (χ3n) is 9.87. The van der Waals surface area contributed by atoms with Gasteiger partial charge in [-0.2, -0.15) is 0 Å².